The first-order chi connectivity index (χ1) is 38.8. The zero-order valence-electron chi connectivity index (χ0n) is 43.9. The summed E-state index contributed by atoms with van der Waals surface area (Å²) in [5, 5.41) is 11.3. The monoisotopic (exact) mass is 1120 g/mol. The lowest BCUT2D eigenvalue weighted by molar-refractivity contribution is -0.136. The van der Waals surface area contributed by atoms with Gasteiger partial charge in [-0.1, -0.05) is 72.8 Å². The van der Waals surface area contributed by atoms with Crippen LogP contribution in [0.2, 0.25) is 0 Å². The summed E-state index contributed by atoms with van der Waals surface area (Å²) in [6.07, 6.45) is 2.10. The Kier molecular flexibility index (Phi) is 15.7. The fourth-order valence-corrected chi connectivity index (χ4v) is 11.5. The number of amides is 7. The molecule has 7 amide bonds. The maximum Gasteiger partial charge on any atom is 0.396 e. The number of rotatable bonds is 20. The van der Waals surface area contributed by atoms with Crippen molar-refractivity contribution in [3.05, 3.63) is 165 Å². The molecule has 0 spiro atoms. The highest BCUT2D eigenvalue weighted by Gasteiger charge is 2.46. The number of imide groups is 1. The second-order valence-electron chi connectivity index (χ2n) is 20.5. The van der Waals surface area contributed by atoms with Gasteiger partial charge in [0.15, 0.2) is 0 Å². The van der Waals surface area contributed by atoms with Crippen LogP contribution in [0.5, 0.6) is 5.75 Å². The lowest BCUT2D eigenvalue weighted by atomic mass is 9.97. The minimum Gasteiger partial charge on any atom is -0.493 e. The molecule has 3 aliphatic heterocycles. The van der Waals surface area contributed by atoms with Crippen molar-refractivity contribution < 1.29 is 57.4 Å². The zero-order valence-corrected chi connectivity index (χ0v) is 44.8. The molecule has 7 aromatic rings. The Bertz CT molecular complexity index is 3750. The summed E-state index contributed by atoms with van der Waals surface area (Å²) in [7, 11) is -3.47. The molecule has 23 heteroatoms. The number of nitrogens with one attached hydrogen (secondary N) is 5. The Balaban J connectivity index is 0.892. The van der Waals surface area contributed by atoms with Gasteiger partial charge in [0.2, 0.25) is 35.4 Å². The third-order valence-electron chi connectivity index (χ3n) is 15.2. The minimum atomic E-state index is -5.11. The van der Waals surface area contributed by atoms with E-state index in [1.54, 1.807) is 25.2 Å². The summed E-state index contributed by atoms with van der Waals surface area (Å²) in [6, 6.07) is 27.7. The number of ether oxygens (including phenoxy) is 1. The lowest BCUT2D eigenvalue weighted by Crippen LogP contribution is -2.57. The molecule has 4 atom stereocenters. The van der Waals surface area contributed by atoms with E-state index >= 15 is 4.79 Å². The van der Waals surface area contributed by atoms with E-state index in [0.29, 0.717) is 63.8 Å². The Morgan fingerprint density at radius 1 is 0.827 bits per heavy atom. The smallest absolute Gasteiger partial charge is 0.396 e. The van der Waals surface area contributed by atoms with E-state index < -0.39 is 78.8 Å². The van der Waals surface area contributed by atoms with Crippen molar-refractivity contribution >= 4 is 82.1 Å². The van der Waals surface area contributed by atoms with Gasteiger partial charge in [0, 0.05) is 48.3 Å². The second-order valence-corrected chi connectivity index (χ2v) is 22.0. The van der Waals surface area contributed by atoms with Crippen LogP contribution in [0.15, 0.2) is 120 Å². The van der Waals surface area contributed by atoms with E-state index in [2.05, 4.69) is 26.3 Å². The van der Waals surface area contributed by atoms with Crippen LogP contribution in [0, 0.1) is 0 Å². The van der Waals surface area contributed by atoms with Crippen LogP contribution in [-0.4, -0.2) is 95.5 Å². The molecule has 0 aliphatic carbocycles. The van der Waals surface area contributed by atoms with Gasteiger partial charge in [-0.15, -0.1) is 0 Å². The summed E-state index contributed by atoms with van der Waals surface area (Å²) in [5.41, 5.74) is 9.28. The molecule has 3 aliphatic rings. The molecule has 0 saturated carbocycles. The number of primary amides is 1. The van der Waals surface area contributed by atoms with Crippen LogP contribution >= 0.6 is 7.60 Å². The number of aryl methyl sites for hydroxylation is 2. The number of nitrogens with zero attached hydrogens (tertiary/aromatic N) is 3. The largest absolute Gasteiger partial charge is 0.493 e. The van der Waals surface area contributed by atoms with Crippen molar-refractivity contribution in [3.63, 3.8) is 0 Å². The van der Waals surface area contributed by atoms with E-state index in [9.17, 15) is 52.7 Å². The Labute approximate surface area is 462 Å². The summed E-state index contributed by atoms with van der Waals surface area (Å²) < 4.78 is 21.1. The van der Waals surface area contributed by atoms with Crippen molar-refractivity contribution in [1.29, 1.82) is 0 Å². The maximum atomic E-state index is 15.1. The highest BCUT2D eigenvalue weighted by Crippen LogP contribution is 2.44. The van der Waals surface area contributed by atoms with Gasteiger partial charge in [-0.2, -0.15) is 0 Å². The molecule has 0 radical (unpaired) electrons. The van der Waals surface area contributed by atoms with Gasteiger partial charge in [-0.25, -0.2) is 4.79 Å². The molecular formula is C58H58N9O13P. The van der Waals surface area contributed by atoms with Gasteiger partial charge >= 0.3 is 13.3 Å². The molecule has 1 unspecified atom stereocenters. The number of imidazole rings is 1. The average Bonchev–Trinajstić information content (AvgIpc) is 4.22. The number of piperidine rings is 1. The van der Waals surface area contributed by atoms with Crippen LogP contribution in [0.4, 0.5) is 5.69 Å². The summed E-state index contributed by atoms with van der Waals surface area (Å²) in [6.45, 7) is 0.252. The number of fused-ring (bicyclic) bond motifs is 2. The van der Waals surface area contributed by atoms with Gasteiger partial charge in [-0.05, 0) is 110 Å². The number of hydrogen-bond acceptors (Lipinski definition) is 11. The SMILES string of the molecule is Cn1c(=O)n(C2CCC(=O)NC2=O)c2ccc(CCCCOc3ccc4c5c3CC[C@H](NC(=O)c3cc6cc(C(=O)P(=O)(O)O)ccc6[nH]3)C(=O)N5[C@H](C(=O)N[C@@H](CCC(N)=O)C(=O)NC(c3ccccc3)c3ccccc3)C4)cc21. The first-order valence-electron chi connectivity index (χ1n) is 26.5. The minimum absolute atomic E-state index is 0.0200. The number of H-pyrrole nitrogens is 1. The maximum absolute atomic E-state index is 15.1. The van der Waals surface area contributed by atoms with E-state index in [1.165, 1.54) is 38.3 Å². The van der Waals surface area contributed by atoms with Gasteiger partial charge < -0.3 is 41.2 Å². The average molecular weight is 1120 g/mol. The first-order valence-corrected chi connectivity index (χ1v) is 28.1. The predicted octanol–water partition coefficient (Wildman–Crippen LogP) is 4.18. The predicted molar refractivity (Wildman–Crippen MR) is 296 cm³/mol. The van der Waals surface area contributed by atoms with E-state index in [4.69, 9.17) is 10.5 Å². The molecule has 10 rings (SSSR count). The number of benzene rings is 5. The molecule has 0 bridgehead atoms. The number of hydrogen-bond donors (Lipinski definition) is 8. The fraction of sp³-hybridized carbons (Fsp3) is 0.293. The number of aromatic nitrogens is 3. The second kappa shape index (κ2) is 23.0. The van der Waals surface area contributed by atoms with Crippen LogP contribution in [-0.2, 0) is 59.6 Å². The topological polar surface area (TPSA) is 323 Å². The van der Waals surface area contributed by atoms with Crippen molar-refractivity contribution in [1.82, 2.24) is 35.4 Å². The fourth-order valence-electron chi connectivity index (χ4n) is 11.1. The van der Waals surface area contributed by atoms with Crippen LogP contribution in [0.3, 0.4) is 0 Å². The highest BCUT2D eigenvalue weighted by molar-refractivity contribution is 7.70. The zero-order chi connectivity index (χ0) is 57.3. The molecule has 418 valence electrons. The Morgan fingerprint density at radius 3 is 2.25 bits per heavy atom. The quantitative estimate of drug-likeness (QED) is 0.0302. The number of anilines is 1. The third-order valence-corrected chi connectivity index (χ3v) is 15.9. The Hall–Kier alpha value is -8.98. The van der Waals surface area contributed by atoms with E-state index in [0.717, 1.165) is 16.7 Å². The standard InChI is InChI=1S/C58H58N9O13P/c1-65-45-28-32(15-22-43(45)66(58(65)76)44-23-26-49(69)63-54(44)72)10-8-9-27-80-47-24-17-35-31-46(55(73)61-40(21-25-48(59)68)52(70)64-50(33-11-4-2-5-12-33)34-13-6-3-7-14-34)67-51(35)38(47)18-20-41(56(67)74)62-53(71)42-30-37-29-36(16-19-39(37)60-42)57(75)81(77,78)79/h2-7,11-17,19,22,24,28-30,40-41,44,46,50,60H,8-10,18,20-21,23,25-27,31H2,1H3,(H2,59,68)(H,61,73)(H,62,71)(H,64,70)(H,63,69,72)(H2,77,78,79)/t40-,41-,44?,46-/m0/s1. The van der Waals surface area contributed by atoms with Gasteiger partial charge in [0.1, 0.15) is 35.6 Å². The van der Waals surface area contributed by atoms with Crippen molar-refractivity contribution in [2.24, 2.45) is 12.8 Å². The molecule has 1 saturated heterocycles. The normalized spacial score (nSPS) is 17.4. The lowest BCUT2D eigenvalue weighted by Gasteiger charge is -2.30. The third kappa shape index (κ3) is 11.6. The molecule has 5 heterocycles. The van der Waals surface area contributed by atoms with Gasteiger partial charge in [0.25, 0.3) is 11.4 Å². The number of unbranched alkanes of at least 4 members (excludes halogenated alkanes) is 1. The number of aromatic amines is 1. The van der Waals surface area contributed by atoms with E-state index in [1.807, 2.05) is 72.8 Å². The molecule has 22 nitrogen and oxygen atoms in total. The number of nitrogens with two attached hydrogens (primary N) is 1. The Morgan fingerprint density at radius 2 is 1.56 bits per heavy atom. The summed E-state index contributed by atoms with van der Waals surface area (Å²) in [5.74, 6) is -3.80. The molecule has 5 aromatic carbocycles. The van der Waals surface area contributed by atoms with Crippen LogP contribution in [0.1, 0.15) is 106 Å². The van der Waals surface area contributed by atoms with Crippen LogP contribution in [0.25, 0.3) is 21.9 Å². The summed E-state index contributed by atoms with van der Waals surface area (Å²) in [4.78, 5) is 144. The van der Waals surface area contributed by atoms with E-state index in [-0.39, 0.29) is 74.4 Å². The highest BCUT2D eigenvalue weighted by atomic mass is 31.2. The van der Waals surface area contributed by atoms with Crippen molar-refractivity contribution in [3.8, 4) is 5.75 Å². The van der Waals surface area contributed by atoms with Crippen molar-refractivity contribution in [2.75, 3.05) is 11.5 Å². The molecule has 9 N–H and O–H groups in total. The molecule has 81 heavy (non-hydrogen) atoms. The first kappa shape index (κ1) is 55.3. The molecule has 1 fully saturated rings. The molecular weight excluding hydrogens is 1060 g/mol. The van der Waals surface area contributed by atoms with Gasteiger partial charge in [0.05, 0.1) is 29.4 Å². The number of carbonyl (C=O) groups excluding carboxylic acids is 8. The number of carbonyl (C=O) groups is 8. The van der Waals surface area contributed by atoms with Crippen LogP contribution < -0.4 is 42.3 Å². The summed E-state index contributed by atoms with van der Waals surface area (Å²) >= 11 is 0. The van der Waals surface area contributed by atoms with Gasteiger partial charge in [-0.3, -0.25) is 62.3 Å². The molecule has 2 aromatic heterocycles. The van der Waals surface area contributed by atoms with Crippen molar-refractivity contribution in [2.45, 2.75) is 94.4 Å².